The molecule has 96 valence electrons. The molecule has 0 radical (unpaired) electrons. The molecular formula is C13H17N3O2. The first kappa shape index (κ1) is 12.4. The molecule has 0 aliphatic carbocycles. The monoisotopic (exact) mass is 247 g/mol. The van der Waals surface area contributed by atoms with Crippen LogP contribution in [0.2, 0.25) is 0 Å². The molecule has 5 nitrogen and oxygen atoms in total. The summed E-state index contributed by atoms with van der Waals surface area (Å²) in [7, 11) is 1.59. The Bertz CT molecular complexity index is 563. The van der Waals surface area contributed by atoms with Crippen molar-refractivity contribution in [3.63, 3.8) is 0 Å². The van der Waals surface area contributed by atoms with Crippen molar-refractivity contribution in [2.75, 3.05) is 12.8 Å². The zero-order valence-corrected chi connectivity index (χ0v) is 10.7. The average molecular weight is 247 g/mol. The molecule has 2 aromatic rings. The molecule has 0 aliphatic rings. The van der Waals surface area contributed by atoms with Gasteiger partial charge in [0.1, 0.15) is 17.7 Å². The quantitative estimate of drug-likeness (QED) is 0.770. The van der Waals surface area contributed by atoms with Crippen LogP contribution in [0.25, 0.3) is 0 Å². The number of aliphatic hydroxyl groups excluding tert-OH is 1. The number of rotatable bonds is 3. The molecule has 0 aliphatic heterocycles. The summed E-state index contributed by atoms with van der Waals surface area (Å²) in [4.78, 5) is 0. The molecule has 0 fully saturated rings. The van der Waals surface area contributed by atoms with Gasteiger partial charge in [0.2, 0.25) is 0 Å². The zero-order valence-electron chi connectivity index (χ0n) is 10.7. The predicted octanol–water partition coefficient (Wildman–Crippen LogP) is 1.70. The van der Waals surface area contributed by atoms with E-state index >= 15 is 0 Å². The number of anilines is 1. The zero-order chi connectivity index (χ0) is 13.3. The Hall–Kier alpha value is -2.01. The summed E-state index contributed by atoms with van der Waals surface area (Å²) in [6.07, 6.45) is 0.679. The van der Waals surface area contributed by atoms with E-state index in [4.69, 9.17) is 10.5 Å². The lowest BCUT2D eigenvalue weighted by Gasteiger charge is -2.17. The number of nitrogens with one attached hydrogen (secondary N) is 1. The van der Waals surface area contributed by atoms with Crippen LogP contribution in [0.4, 0.5) is 5.82 Å². The van der Waals surface area contributed by atoms with Crippen LogP contribution in [0.5, 0.6) is 5.75 Å². The number of benzene rings is 1. The van der Waals surface area contributed by atoms with Crippen molar-refractivity contribution in [2.24, 2.45) is 0 Å². The number of methoxy groups -OCH3 is 1. The van der Waals surface area contributed by atoms with Crippen LogP contribution in [0, 0.1) is 13.8 Å². The minimum absolute atomic E-state index is 0.365. The molecular weight excluding hydrogens is 230 g/mol. The average Bonchev–Trinajstić information content (AvgIpc) is 2.73. The molecule has 5 heteroatoms. The van der Waals surface area contributed by atoms with Crippen LogP contribution >= 0.6 is 0 Å². The van der Waals surface area contributed by atoms with E-state index in [1.807, 2.05) is 26.0 Å². The van der Waals surface area contributed by atoms with E-state index in [0.717, 1.165) is 16.7 Å². The molecule has 1 aromatic carbocycles. The maximum atomic E-state index is 10.4. The number of nitrogens with two attached hydrogens (primary N) is 1. The molecule has 1 aromatic heterocycles. The largest absolute Gasteiger partial charge is 0.496 e. The Kier molecular flexibility index (Phi) is 3.25. The van der Waals surface area contributed by atoms with Gasteiger partial charge >= 0.3 is 0 Å². The van der Waals surface area contributed by atoms with Crippen molar-refractivity contribution in [3.8, 4) is 5.75 Å². The highest BCUT2D eigenvalue weighted by Gasteiger charge is 2.21. The third kappa shape index (κ3) is 2.04. The Morgan fingerprint density at radius 3 is 2.67 bits per heavy atom. The second kappa shape index (κ2) is 4.70. The third-order valence-corrected chi connectivity index (χ3v) is 2.98. The Morgan fingerprint density at radius 2 is 2.11 bits per heavy atom. The first-order valence-corrected chi connectivity index (χ1v) is 5.66. The molecule has 1 heterocycles. The topological polar surface area (TPSA) is 84.2 Å². The van der Waals surface area contributed by atoms with Crippen LogP contribution in [-0.4, -0.2) is 22.4 Å². The second-order valence-electron chi connectivity index (χ2n) is 4.34. The lowest BCUT2D eigenvalue weighted by atomic mass is 9.96. The number of ether oxygens (including phenoxy) is 1. The van der Waals surface area contributed by atoms with E-state index in [0.29, 0.717) is 17.1 Å². The summed E-state index contributed by atoms with van der Waals surface area (Å²) in [5.74, 6) is 1.02. The van der Waals surface area contributed by atoms with Gasteiger partial charge in [-0.2, -0.15) is 5.10 Å². The van der Waals surface area contributed by atoms with Crippen LogP contribution in [0.15, 0.2) is 18.3 Å². The number of hydrogen-bond acceptors (Lipinski definition) is 4. The lowest BCUT2D eigenvalue weighted by molar-refractivity contribution is 0.214. The van der Waals surface area contributed by atoms with Crippen molar-refractivity contribution in [2.45, 2.75) is 20.0 Å². The number of nitrogen functional groups attached to an aromatic ring is 1. The molecule has 1 atom stereocenters. The minimum Gasteiger partial charge on any atom is -0.496 e. The van der Waals surface area contributed by atoms with E-state index in [9.17, 15) is 5.11 Å². The first-order chi connectivity index (χ1) is 8.54. The molecule has 0 bridgehead atoms. The van der Waals surface area contributed by atoms with Gasteiger partial charge in [0.15, 0.2) is 0 Å². The summed E-state index contributed by atoms with van der Waals surface area (Å²) >= 11 is 0. The Labute approximate surface area is 106 Å². The molecule has 4 N–H and O–H groups in total. The third-order valence-electron chi connectivity index (χ3n) is 2.98. The minimum atomic E-state index is -0.848. The van der Waals surface area contributed by atoms with Gasteiger partial charge in [-0.25, -0.2) is 0 Å². The highest BCUT2D eigenvalue weighted by atomic mass is 16.5. The number of nitrogens with zero attached hydrogens (tertiary/aromatic N) is 1. The van der Waals surface area contributed by atoms with Crippen molar-refractivity contribution in [1.82, 2.24) is 10.2 Å². The SMILES string of the molecule is COc1cc(C)cc(C)c1C(O)c1cn[nH]c1N. The van der Waals surface area contributed by atoms with E-state index in [-0.39, 0.29) is 0 Å². The number of H-pyrrole nitrogens is 1. The fraction of sp³-hybridized carbons (Fsp3) is 0.308. The highest BCUT2D eigenvalue weighted by molar-refractivity contribution is 5.51. The molecule has 0 spiro atoms. The van der Waals surface area contributed by atoms with E-state index in [2.05, 4.69) is 10.2 Å². The summed E-state index contributed by atoms with van der Waals surface area (Å²) in [5, 5.41) is 16.9. The van der Waals surface area contributed by atoms with Gasteiger partial charge in [-0.1, -0.05) is 6.07 Å². The van der Waals surface area contributed by atoms with Crippen LogP contribution in [0.1, 0.15) is 28.4 Å². The highest BCUT2D eigenvalue weighted by Crippen LogP contribution is 2.35. The molecule has 0 amide bonds. The maximum Gasteiger partial charge on any atom is 0.125 e. The van der Waals surface area contributed by atoms with Gasteiger partial charge in [0, 0.05) is 11.1 Å². The summed E-state index contributed by atoms with van der Waals surface area (Å²) < 4.78 is 5.33. The van der Waals surface area contributed by atoms with Crippen molar-refractivity contribution < 1.29 is 9.84 Å². The smallest absolute Gasteiger partial charge is 0.125 e. The first-order valence-electron chi connectivity index (χ1n) is 5.66. The Morgan fingerprint density at radius 1 is 1.39 bits per heavy atom. The van der Waals surface area contributed by atoms with Gasteiger partial charge < -0.3 is 15.6 Å². The van der Waals surface area contributed by atoms with E-state index < -0.39 is 6.10 Å². The standard InChI is InChI=1S/C13H17N3O2/c1-7-4-8(2)11(10(5-7)18-3)12(17)9-6-15-16-13(9)14/h4-6,12,17H,1-3H3,(H3,14,15,16). The fourth-order valence-corrected chi connectivity index (χ4v) is 2.14. The molecule has 0 saturated carbocycles. The van der Waals surface area contributed by atoms with E-state index in [1.165, 1.54) is 6.20 Å². The number of aryl methyl sites for hydroxylation is 2. The molecule has 1 unspecified atom stereocenters. The number of aromatic nitrogens is 2. The van der Waals surface area contributed by atoms with Gasteiger partial charge in [-0.15, -0.1) is 0 Å². The van der Waals surface area contributed by atoms with Crippen molar-refractivity contribution in [1.29, 1.82) is 0 Å². The summed E-state index contributed by atoms with van der Waals surface area (Å²) in [6, 6.07) is 3.89. The van der Waals surface area contributed by atoms with Crippen LogP contribution in [0.3, 0.4) is 0 Å². The summed E-state index contributed by atoms with van der Waals surface area (Å²) in [6.45, 7) is 3.92. The fourth-order valence-electron chi connectivity index (χ4n) is 2.14. The molecule has 2 rings (SSSR count). The second-order valence-corrected chi connectivity index (χ2v) is 4.34. The number of aromatic amines is 1. The molecule has 18 heavy (non-hydrogen) atoms. The number of hydrogen-bond donors (Lipinski definition) is 3. The summed E-state index contributed by atoms with van der Waals surface area (Å²) in [5.41, 5.74) is 9.05. The predicted molar refractivity (Wildman–Crippen MR) is 69.5 cm³/mol. The van der Waals surface area contributed by atoms with E-state index in [1.54, 1.807) is 7.11 Å². The van der Waals surface area contributed by atoms with Gasteiger partial charge in [0.25, 0.3) is 0 Å². The van der Waals surface area contributed by atoms with Gasteiger partial charge in [-0.05, 0) is 31.0 Å². The normalized spacial score (nSPS) is 12.4. The van der Waals surface area contributed by atoms with Crippen LogP contribution < -0.4 is 10.5 Å². The van der Waals surface area contributed by atoms with Gasteiger partial charge in [-0.3, -0.25) is 5.10 Å². The van der Waals surface area contributed by atoms with Crippen LogP contribution in [-0.2, 0) is 0 Å². The van der Waals surface area contributed by atoms with Crippen molar-refractivity contribution >= 4 is 5.82 Å². The molecule has 0 saturated heterocycles. The lowest BCUT2D eigenvalue weighted by Crippen LogP contribution is -2.06. The Balaban J connectivity index is 2.54. The maximum absolute atomic E-state index is 10.4. The number of aliphatic hydroxyl groups is 1. The van der Waals surface area contributed by atoms with Gasteiger partial charge in [0.05, 0.1) is 13.3 Å². The van der Waals surface area contributed by atoms with Crippen molar-refractivity contribution in [3.05, 3.63) is 40.6 Å².